The second kappa shape index (κ2) is 10.1. The molecule has 2 aromatic heterocycles. The standard InChI is InChI=1S/C29H34N2O6S/c1-6-36-27(33)21-15-31(18-8-9-18)24-20(25(21)32)11-10-19(26(24)35-5)23-14-16-13-17(7-12-22(16)38-23)30-28(34)37-29(2,3)4/h10-11,14-15,17-18H,6-9,12-13H2,1-5H3,(H,30,34). The predicted molar refractivity (Wildman–Crippen MR) is 147 cm³/mol. The van der Waals surface area contributed by atoms with E-state index in [1.54, 1.807) is 37.6 Å². The van der Waals surface area contributed by atoms with E-state index in [1.165, 1.54) is 10.4 Å². The molecule has 1 fully saturated rings. The molecular formula is C29H34N2O6S. The second-order valence-corrected chi connectivity index (χ2v) is 12.1. The Labute approximate surface area is 225 Å². The Kier molecular flexibility index (Phi) is 6.98. The number of aromatic nitrogens is 1. The first kappa shape index (κ1) is 26.3. The molecule has 3 aromatic rings. The molecule has 38 heavy (non-hydrogen) atoms. The fraction of sp³-hybridized carbons (Fsp3) is 0.483. The van der Waals surface area contributed by atoms with Crippen molar-refractivity contribution in [1.82, 2.24) is 9.88 Å². The molecule has 1 saturated carbocycles. The van der Waals surface area contributed by atoms with Crippen LogP contribution in [0.3, 0.4) is 0 Å². The van der Waals surface area contributed by atoms with Gasteiger partial charge < -0.3 is 24.1 Å². The number of fused-ring (bicyclic) bond motifs is 2. The first-order chi connectivity index (χ1) is 18.1. The lowest BCUT2D eigenvalue weighted by molar-refractivity contribution is 0.0496. The summed E-state index contributed by atoms with van der Waals surface area (Å²) in [5.41, 5.74) is 1.99. The molecule has 0 spiro atoms. The third kappa shape index (κ3) is 5.16. The molecule has 2 aliphatic carbocycles. The molecule has 1 aromatic carbocycles. The van der Waals surface area contributed by atoms with E-state index in [4.69, 9.17) is 14.2 Å². The van der Waals surface area contributed by atoms with Gasteiger partial charge in [-0.05, 0) is 83.6 Å². The molecule has 1 amide bonds. The van der Waals surface area contributed by atoms with Crippen LogP contribution in [-0.4, -0.2) is 42.0 Å². The van der Waals surface area contributed by atoms with E-state index >= 15 is 0 Å². The van der Waals surface area contributed by atoms with Gasteiger partial charge in [-0.25, -0.2) is 9.59 Å². The number of benzene rings is 1. The van der Waals surface area contributed by atoms with E-state index in [2.05, 4.69) is 11.4 Å². The highest BCUT2D eigenvalue weighted by atomic mass is 32.1. The van der Waals surface area contributed by atoms with Crippen LogP contribution in [0.2, 0.25) is 0 Å². The van der Waals surface area contributed by atoms with Gasteiger partial charge in [0, 0.05) is 33.6 Å². The van der Waals surface area contributed by atoms with Gasteiger partial charge in [-0.1, -0.05) is 0 Å². The average molecular weight is 539 g/mol. The van der Waals surface area contributed by atoms with Crippen LogP contribution >= 0.6 is 11.3 Å². The van der Waals surface area contributed by atoms with Gasteiger partial charge in [0.15, 0.2) is 5.75 Å². The fourth-order valence-electron chi connectivity index (χ4n) is 5.07. The lowest BCUT2D eigenvalue weighted by Gasteiger charge is -2.26. The molecule has 2 heterocycles. The number of nitrogens with one attached hydrogen (secondary N) is 1. The van der Waals surface area contributed by atoms with E-state index in [-0.39, 0.29) is 29.7 Å². The number of nitrogens with zero attached hydrogens (tertiary/aromatic N) is 1. The molecule has 0 saturated heterocycles. The van der Waals surface area contributed by atoms with Crippen molar-refractivity contribution in [1.29, 1.82) is 0 Å². The van der Waals surface area contributed by atoms with Crippen molar-refractivity contribution in [3.8, 4) is 16.2 Å². The maximum absolute atomic E-state index is 13.3. The lowest BCUT2D eigenvalue weighted by atomic mass is 9.94. The molecule has 0 bridgehead atoms. The van der Waals surface area contributed by atoms with Gasteiger partial charge in [0.2, 0.25) is 5.43 Å². The minimum absolute atomic E-state index is 0.0136. The second-order valence-electron chi connectivity index (χ2n) is 10.9. The zero-order chi connectivity index (χ0) is 27.2. The Balaban J connectivity index is 1.51. The minimum Gasteiger partial charge on any atom is -0.494 e. The number of hydrogen-bond acceptors (Lipinski definition) is 7. The number of hydrogen-bond donors (Lipinski definition) is 1. The van der Waals surface area contributed by atoms with Crippen molar-refractivity contribution in [2.75, 3.05) is 13.7 Å². The van der Waals surface area contributed by atoms with Crippen LogP contribution in [0.15, 0.2) is 29.2 Å². The van der Waals surface area contributed by atoms with Crippen LogP contribution in [0, 0.1) is 0 Å². The zero-order valence-electron chi connectivity index (χ0n) is 22.5. The Hall–Kier alpha value is -3.33. The lowest BCUT2D eigenvalue weighted by Crippen LogP contribution is -2.41. The first-order valence-electron chi connectivity index (χ1n) is 13.1. The summed E-state index contributed by atoms with van der Waals surface area (Å²) in [4.78, 5) is 40.5. The molecule has 0 aliphatic heterocycles. The molecule has 8 nitrogen and oxygen atoms in total. The summed E-state index contributed by atoms with van der Waals surface area (Å²) < 4.78 is 18.5. The highest BCUT2D eigenvalue weighted by Crippen LogP contribution is 2.45. The van der Waals surface area contributed by atoms with Gasteiger partial charge in [0.05, 0.1) is 24.6 Å². The van der Waals surface area contributed by atoms with Crippen molar-refractivity contribution < 1.29 is 23.8 Å². The molecule has 9 heteroatoms. The van der Waals surface area contributed by atoms with Crippen molar-refractivity contribution in [2.24, 2.45) is 0 Å². The zero-order valence-corrected chi connectivity index (χ0v) is 23.3. The van der Waals surface area contributed by atoms with Crippen molar-refractivity contribution in [3.05, 3.63) is 50.6 Å². The van der Waals surface area contributed by atoms with E-state index < -0.39 is 17.7 Å². The normalized spacial score (nSPS) is 17.1. The average Bonchev–Trinajstić information content (AvgIpc) is 3.61. The number of amides is 1. The Bertz CT molecular complexity index is 1460. The van der Waals surface area contributed by atoms with Crippen molar-refractivity contribution in [3.63, 3.8) is 0 Å². The molecular weight excluding hydrogens is 504 g/mol. The van der Waals surface area contributed by atoms with Crippen LogP contribution in [0.1, 0.15) is 73.8 Å². The number of carbonyl (C=O) groups is 2. The van der Waals surface area contributed by atoms with Crippen LogP contribution < -0.4 is 15.5 Å². The summed E-state index contributed by atoms with van der Waals surface area (Å²) in [7, 11) is 1.62. The molecule has 202 valence electrons. The van der Waals surface area contributed by atoms with Gasteiger partial charge in [0.25, 0.3) is 0 Å². The van der Waals surface area contributed by atoms with Crippen molar-refractivity contribution in [2.45, 2.75) is 77.5 Å². The number of rotatable bonds is 6. The number of alkyl carbamates (subject to hydrolysis) is 1. The third-order valence-electron chi connectivity index (χ3n) is 6.86. The highest BCUT2D eigenvalue weighted by molar-refractivity contribution is 7.15. The van der Waals surface area contributed by atoms with Crippen LogP contribution in [0.4, 0.5) is 4.79 Å². The number of pyridine rings is 1. The summed E-state index contributed by atoms with van der Waals surface area (Å²) in [5, 5.41) is 3.46. The summed E-state index contributed by atoms with van der Waals surface area (Å²) in [6.45, 7) is 7.50. The van der Waals surface area contributed by atoms with E-state index in [9.17, 15) is 14.4 Å². The first-order valence-corrected chi connectivity index (χ1v) is 14.0. The Morgan fingerprint density at radius 1 is 1.18 bits per heavy atom. The number of methoxy groups -OCH3 is 1. The molecule has 5 rings (SSSR count). The quantitative estimate of drug-likeness (QED) is 0.409. The molecule has 1 atom stereocenters. The SMILES string of the molecule is CCOC(=O)c1cn(C2CC2)c2c(OC)c(-c3cc4c(s3)CCC(NC(=O)OC(C)(C)C)C4)ccc2c1=O. The Morgan fingerprint density at radius 3 is 2.61 bits per heavy atom. The van der Waals surface area contributed by atoms with Crippen LogP contribution in [0.5, 0.6) is 5.75 Å². The maximum atomic E-state index is 13.3. The number of thiophene rings is 1. The van der Waals surface area contributed by atoms with Gasteiger partial charge >= 0.3 is 12.1 Å². The summed E-state index contributed by atoms with van der Waals surface area (Å²) in [6.07, 6.45) is 5.65. The van der Waals surface area contributed by atoms with E-state index in [0.29, 0.717) is 16.7 Å². The maximum Gasteiger partial charge on any atom is 0.407 e. The summed E-state index contributed by atoms with van der Waals surface area (Å²) >= 11 is 1.72. The van der Waals surface area contributed by atoms with Crippen LogP contribution in [0.25, 0.3) is 21.3 Å². The summed E-state index contributed by atoms with van der Waals surface area (Å²) in [5.74, 6) is 0.0289. The molecule has 0 radical (unpaired) electrons. The number of esters is 1. The van der Waals surface area contributed by atoms with E-state index in [0.717, 1.165) is 42.5 Å². The van der Waals surface area contributed by atoms with E-state index in [1.807, 2.05) is 31.4 Å². The fourth-order valence-corrected chi connectivity index (χ4v) is 6.30. The molecule has 1 N–H and O–H groups in total. The van der Waals surface area contributed by atoms with Gasteiger partial charge in [-0.15, -0.1) is 11.3 Å². The number of ether oxygens (including phenoxy) is 3. The number of carbonyl (C=O) groups excluding carboxylic acids is 2. The predicted octanol–water partition coefficient (Wildman–Crippen LogP) is 5.63. The minimum atomic E-state index is -0.600. The largest absolute Gasteiger partial charge is 0.494 e. The third-order valence-corrected chi connectivity index (χ3v) is 8.13. The summed E-state index contributed by atoms with van der Waals surface area (Å²) in [6, 6.07) is 6.09. The van der Waals surface area contributed by atoms with Gasteiger partial charge in [-0.3, -0.25) is 4.79 Å². The van der Waals surface area contributed by atoms with Crippen LogP contribution in [-0.2, 0) is 22.3 Å². The monoisotopic (exact) mass is 538 g/mol. The molecule has 2 aliphatic rings. The molecule has 1 unspecified atom stereocenters. The Morgan fingerprint density at radius 2 is 1.95 bits per heavy atom. The highest BCUT2D eigenvalue weighted by Gasteiger charge is 2.30. The number of aryl methyl sites for hydroxylation is 1. The smallest absolute Gasteiger partial charge is 0.407 e. The topological polar surface area (TPSA) is 95.9 Å². The van der Waals surface area contributed by atoms with Gasteiger partial charge in [-0.2, -0.15) is 0 Å². The van der Waals surface area contributed by atoms with Crippen molar-refractivity contribution >= 4 is 34.3 Å². The van der Waals surface area contributed by atoms with Gasteiger partial charge in [0.1, 0.15) is 11.2 Å².